The van der Waals surface area contributed by atoms with Crippen LogP contribution in [0.1, 0.15) is 35.2 Å². The Morgan fingerprint density at radius 3 is 2.58 bits per heavy atom. The summed E-state index contributed by atoms with van der Waals surface area (Å²) in [6.07, 6.45) is 3.40. The van der Waals surface area contributed by atoms with E-state index in [9.17, 15) is 4.79 Å². The van der Waals surface area contributed by atoms with Crippen LogP contribution < -0.4 is 0 Å². The second kappa shape index (κ2) is 5.33. The molecule has 1 aromatic carbocycles. The normalized spacial score (nSPS) is 22.5. The molecule has 1 amide bonds. The average Bonchev–Trinajstić information content (AvgIpc) is 3.13. The van der Waals surface area contributed by atoms with Gasteiger partial charge in [-0.05, 0) is 38.3 Å². The van der Waals surface area contributed by atoms with E-state index in [-0.39, 0.29) is 5.91 Å². The Kier molecular flexibility index (Phi) is 3.56. The van der Waals surface area contributed by atoms with Crippen LogP contribution >= 0.6 is 0 Å². The zero-order valence-corrected chi connectivity index (χ0v) is 11.5. The van der Waals surface area contributed by atoms with Crippen LogP contribution in [0, 0.1) is 12.8 Å². The lowest BCUT2D eigenvalue weighted by Crippen LogP contribution is -2.37. The van der Waals surface area contributed by atoms with Crippen molar-refractivity contribution in [2.24, 2.45) is 5.92 Å². The molecule has 102 valence electrons. The minimum absolute atomic E-state index is 0.189. The molecule has 2 aliphatic rings. The van der Waals surface area contributed by atoms with Crippen LogP contribution in [-0.2, 0) is 4.74 Å². The maximum atomic E-state index is 12.6. The van der Waals surface area contributed by atoms with E-state index >= 15 is 0 Å². The Hall–Kier alpha value is -1.35. The van der Waals surface area contributed by atoms with Gasteiger partial charge in [0.1, 0.15) is 0 Å². The molecule has 19 heavy (non-hydrogen) atoms. The number of hydrogen-bond donors (Lipinski definition) is 0. The molecule has 0 radical (unpaired) electrons. The van der Waals surface area contributed by atoms with Gasteiger partial charge in [-0.15, -0.1) is 0 Å². The van der Waals surface area contributed by atoms with Gasteiger partial charge in [0.2, 0.25) is 0 Å². The van der Waals surface area contributed by atoms with E-state index in [0.717, 1.165) is 44.6 Å². The molecule has 1 saturated carbocycles. The molecule has 3 rings (SSSR count). The summed E-state index contributed by atoms with van der Waals surface area (Å²) in [5, 5.41) is 0. The summed E-state index contributed by atoms with van der Waals surface area (Å²) in [6, 6.07) is 8.37. The minimum atomic E-state index is 0.189. The van der Waals surface area contributed by atoms with Gasteiger partial charge >= 0.3 is 0 Å². The highest BCUT2D eigenvalue weighted by Crippen LogP contribution is 2.30. The first-order valence-corrected chi connectivity index (χ1v) is 7.19. The summed E-state index contributed by atoms with van der Waals surface area (Å²) in [5.41, 5.74) is 2.01. The Bertz CT molecular complexity index is 444. The molecule has 0 bridgehead atoms. The monoisotopic (exact) mass is 259 g/mol. The number of hydrogen-bond acceptors (Lipinski definition) is 2. The third kappa shape index (κ3) is 2.98. The van der Waals surface area contributed by atoms with Crippen molar-refractivity contribution in [1.29, 1.82) is 0 Å². The summed E-state index contributed by atoms with van der Waals surface area (Å²) in [4.78, 5) is 14.7. The topological polar surface area (TPSA) is 29.5 Å². The van der Waals surface area contributed by atoms with Crippen LogP contribution in [0.5, 0.6) is 0 Å². The van der Waals surface area contributed by atoms with Gasteiger partial charge in [-0.1, -0.05) is 17.7 Å². The van der Waals surface area contributed by atoms with Gasteiger partial charge in [-0.3, -0.25) is 4.79 Å². The molecule has 0 aromatic heterocycles. The number of benzene rings is 1. The predicted molar refractivity (Wildman–Crippen MR) is 74.2 cm³/mol. The van der Waals surface area contributed by atoms with E-state index in [2.05, 4.69) is 4.90 Å². The maximum Gasteiger partial charge on any atom is 0.254 e. The van der Waals surface area contributed by atoms with Gasteiger partial charge in [0, 0.05) is 30.7 Å². The van der Waals surface area contributed by atoms with Crippen molar-refractivity contribution < 1.29 is 9.53 Å². The third-order valence-electron chi connectivity index (χ3n) is 4.03. The Balaban J connectivity index is 1.71. The van der Waals surface area contributed by atoms with E-state index in [0.29, 0.717) is 12.0 Å². The summed E-state index contributed by atoms with van der Waals surface area (Å²) in [5.74, 6) is 0.712. The van der Waals surface area contributed by atoms with Gasteiger partial charge in [0.25, 0.3) is 5.91 Å². The Labute approximate surface area is 114 Å². The van der Waals surface area contributed by atoms with Gasteiger partial charge < -0.3 is 9.64 Å². The van der Waals surface area contributed by atoms with Gasteiger partial charge in [-0.25, -0.2) is 0 Å². The molecular weight excluding hydrogens is 238 g/mol. The highest BCUT2D eigenvalue weighted by Gasteiger charge is 2.35. The second-order valence-electron chi connectivity index (χ2n) is 5.78. The number of carbonyl (C=O) groups excluding carboxylic acids is 1. The van der Waals surface area contributed by atoms with Crippen molar-refractivity contribution in [3.05, 3.63) is 35.4 Å². The number of amides is 1. The molecule has 1 aromatic rings. The number of ether oxygens (including phenoxy) is 1. The predicted octanol–water partition coefficient (Wildman–Crippen LogP) is 2.64. The quantitative estimate of drug-likeness (QED) is 0.832. The molecule has 0 spiro atoms. The fourth-order valence-corrected chi connectivity index (χ4v) is 2.65. The fourth-order valence-electron chi connectivity index (χ4n) is 2.65. The van der Waals surface area contributed by atoms with Crippen molar-refractivity contribution >= 4 is 5.91 Å². The van der Waals surface area contributed by atoms with Crippen LogP contribution in [-0.4, -0.2) is 36.6 Å². The van der Waals surface area contributed by atoms with Crippen molar-refractivity contribution in [2.75, 3.05) is 19.8 Å². The van der Waals surface area contributed by atoms with Gasteiger partial charge in [-0.2, -0.15) is 0 Å². The lowest BCUT2D eigenvalue weighted by Gasteiger charge is -2.25. The number of rotatable bonds is 4. The van der Waals surface area contributed by atoms with Crippen molar-refractivity contribution in [1.82, 2.24) is 4.90 Å². The maximum absolute atomic E-state index is 12.6. The zero-order valence-electron chi connectivity index (χ0n) is 11.5. The third-order valence-corrected chi connectivity index (χ3v) is 4.03. The lowest BCUT2D eigenvalue weighted by molar-refractivity contribution is 0.0706. The largest absolute Gasteiger partial charge is 0.381 e. The first-order valence-electron chi connectivity index (χ1n) is 7.19. The SMILES string of the molecule is Cc1ccc(C(=O)N(CC2CCOC2)C2CC2)cc1. The van der Waals surface area contributed by atoms with E-state index in [1.807, 2.05) is 31.2 Å². The van der Waals surface area contributed by atoms with Crippen LogP contribution in [0.15, 0.2) is 24.3 Å². The average molecular weight is 259 g/mol. The smallest absolute Gasteiger partial charge is 0.254 e. The molecule has 1 unspecified atom stereocenters. The molecule has 0 N–H and O–H groups in total. The molecule has 1 aliphatic carbocycles. The number of aryl methyl sites for hydroxylation is 1. The molecular formula is C16H21NO2. The zero-order chi connectivity index (χ0) is 13.2. The summed E-state index contributed by atoms with van der Waals surface area (Å²) >= 11 is 0. The van der Waals surface area contributed by atoms with Crippen molar-refractivity contribution in [2.45, 2.75) is 32.2 Å². The van der Waals surface area contributed by atoms with E-state index in [1.54, 1.807) is 0 Å². The molecule has 1 aliphatic heterocycles. The highest BCUT2D eigenvalue weighted by molar-refractivity contribution is 5.94. The van der Waals surface area contributed by atoms with E-state index < -0.39 is 0 Å². The van der Waals surface area contributed by atoms with Crippen LogP contribution in [0.3, 0.4) is 0 Å². The van der Waals surface area contributed by atoms with E-state index in [1.165, 1.54) is 5.56 Å². The lowest BCUT2D eigenvalue weighted by atomic mass is 10.1. The van der Waals surface area contributed by atoms with Crippen LogP contribution in [0.4, 0.5) is 0 Å². The summed E-state index contributed by atoms with van der Waals surface area (Å²) in [7, 11) is 0. The first kappa shape index (κ1) is 12.7. The summed E-state index contributed by atoms with van der Waals surface area (Å²) < 4.78 is 5.42. The molecule has 1 atom stereocenters. The Morgan fingerprint density at radius 2 is 2.00 bits per heavy atom. The van der Waals surface area contributed by atoms with Crippen LogP contribution in [0.2, 0.25) is 0 Å². The van der Waals surface area contributed by atoms with Gasteiger partial charge in [0.05, 0.1) is 6.61 Å². The molecule has 1 heterocycles. The van der Waals surface area contributed by atoms with E-state index in [4.69, 9.17) is 4.74 Å². The van der Waals surface area contributed by atoms with Crippen LogP contribution in [0.25, 0.3) is 0 Å². The highest BCUT2D eigenvalue weighted by atomic mass is 16.5. The molecule has 2 fully saturated rings. The van der Waals surface area contributed by atoms with Crippen molar-refractivity contribution in [3.63, 3.8) is 0 Å². The second-order valence-corrected chi connectivity index (χ2v) is 5.78. The van der Waals surface area contributed by atoms with Gasteiger partial charge in [0.15, 0.2) is 0 Å². The minimum Gasteiger partial charge on any atom is -0.381 e. The first-order chi connectivity index (χ1) is 9.24. The number of carbonyl (C=O) groups is 1. The molecule has 3 heteroatoms. The standard InChI is InChI=1S/C16H21NO2/c1-12-2-4-14(5-3-12)16(18)17(15-6-7-15)10-13-8-9-19-11-13/h2-5,13,15H,6-11H2,1H3. The molecule has 3 nitrogen and oxygen atoms in total. The Morgan fingerprint density at radius 1 is 1.26 bits per heavy atom. The number of nitrogens with zero attached hydrogens (tertiary/aromatic N) is 1. The summed E-state index contributed by atoms with van der Waals surface area (Å²) in [6.45, 7) is 4.56. The fraction of sp³-hybridized carbons (Fsp3) is 0.562. The molecule has 1 saturated heterocycles. The van der Waals surface area contributed by atoms with Crippen molar-refractivity contribution in [3.8, 4) is 0 Å².